The molecular formula is C16H20N2O2. The van der Waals surface area contributed by atoms with Gasteiger partial charge in [0.2, 0.25) is 5.88 Å². The van der Waals surface area contributed by atoms with Gasteiger partial charge < -0.3 is 15.0 Å². The van der Waals surface area contributed by atoms with Crippen molar-refractivity contribution in [3.05, 3.63) is 29.5 Å². The van der Waals surface area contributed by atoms with Gasteiger partial charge in [-0.25, -0.2) is 0 Å². The van der Waals surface area contributed by atoms with Crippen LogP contribution in [0.15, 0.2) is 22.7 Å². The summed E-state index contributed by atoms with van der Waals surface area (Å²) in [4.78, 5) is 0. The van der Waals surface area contributed by atoms with Crippen LogP contribution in [0.3, 0.4) is 0 Å². The van der Waals surface area contributed by atoms with Crippen LogP contribution in [0, 0.1) is 12.8 Å². The van der Waals surface area contributed by atoms with E-state index >= 15 is 0 Å². The maximum atomic E-state index is 6.02. The zero-order valence-corrected chi connectivity index (χ0v) is 12.1. The first-order valence-corrected chi connectivity index (χ1v) is 7.02. The predicted octanol–water partition coefficient (Wildman–Crippen LogP) is 3.75. The SMILES string of the molecule is COc1ccc(C)cc1-c1c(C(C)C2CC2)noc1N. The van der Waals surface area contributed by atoms with Gasteiger partial charge in [-0.2, -0.15) is 0 Å². The van der Waals surface area contributed by atoms with Crippen LogP contribution >= 0.6 is 0 Å². The van der Waals surface area contributed by atoms with Gasteiger partial charge in [-0.15, -0.1) is 0 Å². The van der Waals surface area contributed by atoms with Gasteiger partial charge >= 0.3 is 0 Å². The molecule has 1 aliphatic carbocycles. The summed E-state index contributed by atoms with van der Waals surface area (Å²) in [5, 5.41) is 4.20. The Morgan fingerprint density at radius 2 is 2.15 bits per heavy atom. The molecule has 2 aromatic rings. The third kappa shape index (κ3) is 2.15. The average Bonchev–Trinajstić information content (AvgIpc) is 3.21. The molecule has 1 heterocycles. The van der Waals surface area contributed by atoms with Crippen molar-refractivity contribution in [2.24, 2.45) is 5.92 Å². The third-order valence-electron chi connectivity index (χ3n) is 4.13. The molecule has 1 aromatic heterocycles. The summed E-state index contributed by atoms with van der Waals surface area (Å²) in [6.45, 7) is 4.25. The molecule has 20 heavy (non-hydrogen) atoms. The second kappa shape index (κ2) is 4.85. The Kier molecular flexibility index (Phi) is 3.16. The maximum absolute atomic E-state index is 6.02. The molecule has 106 valence electrons. The van der Waals surface area contributed by atoms with Crippen LogP contribution in [0.1, 0.15) is 36.9 Å². The Hall–Kier alpha value is -1.97. The summed E-state index contributed by atoms with van der Waals surface area (Å²) in [5.74, 6) is 2.25. The first-order chi connectivity index (χ1) is 9.61. The van der Waals surface area contributed by atoms with Gasteiger partial charge in [0.15, 0.2) is 0 Å². The highest BCUT2D eigenvalue weighted by Crippen LogP contribution is 2.47. The lowest BCUT2D eigenvalue weighted by Gasteiger charge is -2.12. The molecular weight excluding hydrogens is 252 g/mol. The first-order valence-electron chi connectivity index (χ1n) is 7.02. The van der Waals surface area contributed by atoms with Gasteiger partial charge in [0.05, 0.1) is 18.4 Å². The van der Waals surface area contributed by atoms with Crippen LogP contribution in [0.4, 0.5) is 5.88 Å². The first kappa shape index (κ1) is 13.0. The average molecular weight is 272 g/mol. The van der Waals surface area contributed by atoms with E-state index in [0.717, 1.165) is 28.1 Å². The van der Waals surface area contributed by atoms with E-state index < -0.39 is 0 Å². The fraction of sp³-hybridized carbons (Fsp3) is 0.438. The molecule has 0 saturated heterocycles. The smallest absolute Gasteiger partial charge is 0.230 e. The van der Waals surface area contributed by atoms with E-state index in [2.05, 4.69) is 25.1 Å². The van der Waals surface area contributed by atoms with Crippen molar-refractivity contribution in [3.8, 4) is 16.9 Å². The minimum atomic E-state index is 0.372. The number of hydrogen-bond donors (Lipinski definition) is 1. The molecule has 0 radical (unpaired) electrons. The maximum Gasteiger partial charge on any atom is 0.230 e. The topological polar surface area (TPSA) is 61.3 Å². The fourth-order valence-electron chi connectivity index (χ4n) is 2.73. The second-order valence-corrected chi connectivity index (χ2v) is 5.64. The Labute approximate surface area is 118 Å². The fourth-order valence-corrected chi connectivity index (χ4v) is 2.73. The van der Waals surface area contributed by atoms with Crippen molar-refractivity contribution in [1.82, 2.24) is 5.16 Å². The zero-order valence-electron chi connectivity index (χ0n) is 12.1. The molecule has 1 aromatic carbocycles. The summed E-state index contributed by atoms with van der Waals surface area (Å²) in [7, 11) is 1.67. The van der Waals surface area contributed by atoms with Gasteiger partial charge in [-0.3, -0.25) is 0 Å². The largest absolute Gasteiger partial charge is 0.496 e. The van der Waals surface area contributed by atoms with Crippen molar-refractivity contribution in [3.63, 3.8) is 0 Å². The molecule has 0 bridgehead atoms. The van der Waals surface area contributed by atoms with Gasteiger partial charge in [0.25, 0.3) is 0 Å². The van der Waals surface area contributed by atoms with E-state index in [0.29, 0.717) is 17.7 Å². The van der Waals surface area contributed by atoms with E-state index in [1.807, 2.05) is 12.1 Å². The molecule has 1 atom stereocenters. The van der Waals surface area contributed by atoms with Crippen molar-refractivity contribution in [2.45, 2.75) is 32.6 Å². The zero-order chi connectivity index (χ0) is 14.3. The molecule has 0 spiro atoms. The summed E-state index contributed by atoms with van der Waals surface area (Å²) >= 11 is 0. The standard InChI is InChI=1S/C16H20N2O2/c1-9-4-7-13(19-3)12(8-9)14-15(18-20-16(14)17)10(2)11-5-6-11/h4,7-8,10-11H,5-6,17H2,1-3H3. The van der Waals surface area contributed by atoms with Gasteiger partial charge in [-0.05, 0) is 37.8 Å². The van der Waals surface area contributed by atoms with Crippen molar-refractivity contribution in [2.75, 3.05) is 12.8 Å². The van der Waals surface area contributed by atoms with E-state index in [1.54, 1.807) is 7.11 Å². The van der Waals surface area contributed by atoms with Crippen molar-refractivity contribution >= 4 is 5.88 Å². The van der Waals surface area contributed by atoms with E-state index in [9.17, 15) is 0 Å². The Morgan fingerprint density at radius 3 is 2.80 bits per heavy atom. The quantitative estimate of drug-likeness (QED) is 0.920. The third-order valence-corrected chi connectivity index (χ3v) is 4.13. The van der Waals surface area contributed by atoms with Crippen molar-refractivity contribution in [1.29, 1.82) is 0 Å². The molecule has 4 nitrogen and oxygen atoms in total. The van der Waals surface area contributed by atoms with Crippen LogP contribution in [-0.4, -0.2) is 12.3 Å². The number of nitrogens with two attached hydrogens (primary N) is 1. The van der Waals surface area contributed by atoms with Crippen LogP contribution in [0.5, 0.6) is 5.75 Å². The van der Waals surface area contributed by atoms with Crippen LogP contribution in [-0.2, 0) is 0 Å². The summed E-state index contributed by atoms with van der Waals surface area (Å²) in [6, 6.07) is 6.06. The molecule has 1 saturated carbocycles. The molecule has 4 heteroatoms. The van der Waals surface area contributed by atoms with Crippen LogP contribution in [0.2, 0.25) is 0 Å². The predicted molar refractivity (Wildman–Crippen MR) is 78.8 cm³/mol. The highest BCUT2D eigenvalue weighted by molar-refractivity contribution is 5.80. The van der Waals surface area contributed by atoms with E-state index in [4.69, 9.17) is 15.0 Å². The molecule has 2 N–H and O–H groups in total. The normalized spacial score (nSPS) is 16.1. The highest BCUT2D eigenvalue weighted by Gasteiger charge is 2.34. The number of aryl methyl sites for hydroxylation is 1. The lowest BCUT2D eigenvalue weighted by molar-refractivity contribution is 0.416. The van der Waals surface area contributed by atoms with Crippen molar-refractivity contribution < 1.29 is 9.26 Å². The number of benzene rings is 1. The monoisotopic (exact) mass is 272 g/mol. The lowest BCUT2D eigenvalue weighted by Crippen LogP contribution is -2.00. The molecule has 0 amide bonds. The minimum Gasteiger partial charge on any atom is -0.496 e. The number of aromatic nitrogens is 1. The highest BCUT2D eigenvalue weighted by atomic mass is 16.5. The Balaban J connectivity index is 2.13. The number of methoxy groups -OCH3 is 1. The number of anilines is 1. The number of nitrogens with zero attached hydrogens (tertiary/aromatic N) is 1. The van der Waals surface area contributed by atoms with Gasteiger partial charge in [0.1, 0.15) is 5.75 Å². The summed E-state index contributed by atoms with van der Waals surface area (Å²) < 4.78 is 10.7. The molecule has 3 rings (SSSR count). The van der Waals surface area contributed by atoms with Crippen LogP contribution in [0.25, 0.3) is 11.1 Å². The molecule has 1 unspecified atom stereocenters. The second-order valence-electron chi connectivity index (χ2n) is 5.64. The Morgan fingerprint density at radius 1 is 1.40 bits per heavy atom. The Bertz CT molecular complexity index is 629. The molecule has 1 aliphatic rings. The summed E-state index contributed by atoms with van der Waals surface area (Å²) in [6.07, 6.45) is 2.52. The van der Waals surface area contributed by atoms with Gasteiger partial charge in [-0.1, -0.05) is 23.7 Å². The number of nitrogen functional groups attached to an aromatic ring is 1. The van der Waals surface area contributed by atoms with Crippen LogP contribution < -0.4 is 10.5 Å². The number of ether oxygens (including phenoxy) is 1. The molecule has 0 aliphatic heterocycles. The number of rotatable bonds is 4. The molecule has 1 fully saturated rings. The summed E-state index contributed by atoms with van der Waals surface area (Å²) in [5.41, 5.74) is 9.99. The van der Waals surface area contributed by atoms with E-state index in [1.165, 1.54) is 12.8 Å². The number of hydrogen-bond acceptors (Lipinski definition) is 4. The lowest BCUT2D eigenvalue weighted by atomic mass is 9.93. The minimum absolute atomic E-state index is 0.372. The van der Waals surface area contributed by atoms with Gasteiger partial charge in [0, 0.05) is 11.5 Å². The van der Waals surface area contributed by atoms with E-state index in [-0.39, 0.29) is 0 Å².